The quantitative estimate of drug-likeness (QED) is 0.384. The van der Waals surface area contributed by atoms with E-state index in [2.05, 4.69) is 39.5 Å². The van der Waals surface area contributed by atoms with Crippen LogP contribution in [0.4, 0.5) is 5.82 Å². The third-order valence-corrected chi connectivity index (χ3v) is 6.33. The highest BCUT2D eigenvalue weighted by atomic mass is 16.3. The first-order valence-corrected chi connectivity index (χ1v) is 11.8. The van der Waals surface area contributed by atoms with E-state index in [1.165, 1.54) is 16.0 Å². The fraction of sp³-hybridized carbons (Fsp3) is 0.222. The second kappa shape index (κ2) is 9.73. The summed E-state index contributed by atoms with van der Waals surface area (Å²) >= 11 is 0. The monoisotopic (exact) mass is 495 g/mol. The summed E-state index contributed by atoms with van der Waals surface area (Å²) in [5.41, 5.74) is 3.68. The van der Waals surface area contributed by atoms with Crippen LogP contribution in [0.15, 0.2) is 78.3 Å². The van der Waals surface area contributed by atoms with Crippen molar-refractivity contribution in [2.45, 2.75) is 39.3 Å². The van der Waals surface area contributed by atoms with Gasteiger partial charge in [-0.3, -0.25) is 14.5 Å². The number of nitrogens with zero attached hydrogens (tertiary/aromatic N) is 7. The zero-order valence-corrected chi connectivity index (χ0v) is 20.6. The average molecular weight is 496 g/mol. The summed E-state index contributed by atoms with van der Waals surface area (Å²) < 4.78 is 0. The molecule has 0 saturated carbocycles. The van der Waals surface area contributed by atoms with Gasteiger partial charge in [0.05, 0.1) is 23.9 Å². The SMILES string of the molecule is Cc1ccc(N2C(=O)C(O)=C(C(=O)c3ccc(C(C)C)cc3)C2c2ccc(Cn3ncnn3)cc2)nn1. The van der Waals surface area contributed by atoms with E-state index in [9.17, 15) is 14.7 Å². The summed E-state index contributed by atoms with van der Waals surface area (Å²) in [6, 6.07) is 17.0. The van der Waals surface area contributed by atoms with Crippen molar-refractivity contribution in [3.8, 4) is 0 Å². The number of tetrazole rings is 1. The standard InChI is InChI=1S/C27H25N7O3/c1-16(2)19-9-11-21(12-10-19)25(35)23-24(20-7-5-18(6-8-20)14-33-29-15-28-32-33)34(27(37)26(23)36)22-13-4-17(3)30-31-22/h4-13,15-16,24,36H,14H2,1-3H3. The normalized spacial score (nSPS) is 15.6. The third-order valence-electron chi connectivity index (χ3n) is 6.33. The molecule has 2 aromatic heterocycles. The van der Waals surface area contributed by atoms with E-state index in [1.54, 1.807) is 31.2 Å². The molecule has 0 bridgehead atoms. The molecule has 186 valence electrons. The molecule has 0 aliphatic carbocycles. The number of Topliss-reactive ketones (excluding diaryl/α,β-unsaturated/α-hetero) is 1. The Balaban J connectivity index is 1.56. The van der Waals surface area contributed by atoms with Crippen molar-refractivity contribution in [1.29, 1.82) is 0 Å². The van der Waals surface area contributed by atoms with Crippen LogP contribution < -0.4 is 4.90 Å². The maximum Gasteiger partial charge on any atom is 0.295 e. The molecule has 0 spiro atoms. The number of hydrogen-bond acceptors (Lipinski definition) is 8. The number of aliphatic hydroxyl groups excluding tert-OH is 1. The number of rotatable bonds is 7. The maximum atomic E-state index is 13.7. The molecular formula is C27H25N7O3. The summed E-state index contributed by atoms with van der Waals surface area (Å²) in [4.78, 5) is 29.8. The Bertz CT molecular complexity index is 1460. The van der Waals surface area contributed by atoms with Crippen molar-refractivity contribution < 1.29 is 14.7 Å². The molecule has 1 aliphatic rings. The van der Waals surface area contributed by atoms with Crippen molar-refractivity contribution in [1.82, 2.24) is 30.4 Å². The van der Waals surface area contributed by atoms with Gasteiger partial charge < -0.3 is 5.11 Å². The number of carbonyl (C=O) groups excluding carboxylic acids is 2. The first kappa shape index (κ1) is 24.0. The number of carbonyl (C=O) groups is 2. The topological polar surface area (TPSA) is 127 Å². The van der Waals surface area contributed by atoms with Crippen molar-refractivity contribution in [2.24, 2.45) is 0 Å². The Hall–Kier alpha value is -4.73. The number of aliphatic hydroxyl groups is 1. The number of anilines is 1. The molecule has 0 saturated heterocycles. The Labute approximate surface area is 213 Å². The van der Waals surface area contributed by atoms with Gasteiger partial charge in [0.2, 0.25) is 0 Å². The smallest absolute Gasteiger partial charge is 0.295 e. The molecule has 3 heterocycles. The van der Waals surface area contributed by atoms with Crippen LogP contribution in [0.25, 0.3) is 0 Å². The lowest BCUT2D eigenvalue weighted by Gasteiger charge is -2.25. The molecule has 1 N–H and O–H groups in total. The van der Waals surface area contributed by atoms with Gasteiger partial charge in [-0.25, -0.2) is 0 Å². The van der Waals surface area contributed by atoms with Gasteiger partial charge in [0, 0.05) is 5.56 Å². The highest BCUT2D eigenvalue weighted by molar-refractivity contribution is 6.20. The average Bonchev–Trinajstić information content (AvgIpc) is 3.51. The van der Waals surface area contributed by atoms with Crippen LogP contribution in [0.5, 0.6) is 0 Å². The predicted octanol–water partition coefficient (Wildman–Crippen LogP) is 3.73. The number of hydrogen-bond donors (Lipinski definition) is 1. The zero-order chi connectivity index (χ0) is 26.1. The molecule has 1 atom stereocenters. The largest absolute Gasteiger partial charge is 0.503 e. The first-order valence-electron chi connectivity index (χ1n) is 11.8. The summed E-state index contributed by atoms with van der Waals surface area (Å²) in [6.45, 7) is 6.33. The van der Waals surface area contributed by atoms with Gasteiger partial charge in [-0.15, -0.1) is 15.3 Å². The van der Waals surface area contributed by atoms with Crippen LogP contribution in [0.3, 0.4) is 0 Å². The van der Waals surface area contributed by atoms with Crippen LogP contribution in [0.2, 0.25) is 0 Å². The molecule has 0 radical (unpaired) electrons. The van der Waals surface area contributed by atoms with Gasteiger partial charge >= 0.3 is 0 Å². The summed E-state index contributed by atoms with van der Waals surface area (Å²) in [5, 5.41) is 30.8. The van der Waals surface area contributed by atoms with E-state index in [0.29, 0.717) is 29.3 Å². The summed E-state index contributed by atoms with van der Waals surface area (Å²) in [7, 11) is 0. The number of aryl methyl sites for hydroxylation is 1. The van der Waals surface area contributed by atoms with Gasteiger partial charge in [-0.05, 0) is 46.9 Å². The number of benzene rings is 2. The van der Waals surface area contributed by atoms with Crippen LogP contribution >= 0.6 is 0 Å². The minimum Gasteiger partial charge on any atom is -0.503 e. The van der Waals surface area contributed by atoms with E-state index in [-0.39, 0.29) is 11.4 Å². The molecule has 0 fully saturated rings. The maximum absolute atomic E-state index is 13.7. The van der Waals surface area contributed by atoms with E-state index in [4.69, 9.17) is 0 Å². The second-order valence-electron chi connectivity index (χ2n) is 9.19. The minimum atomic E-state index is -0.889. The predicted molar refractivity (Wildman–Crippen MR) is 135 cm³/mol. The molecule has 10 heteroatoms. The zero-order valence-electron chi connectivity index (χ0n) is 20.6. The number of ketones is 1. The molecule has 2 aromatic carbocycles. The van der Waals surface area contributed by atoms with Crippen LogP contribution in [-0.4, -0.2) is 47.2 Å². The van der Waals surface area contributed by atoms with E-state index >= 15 is 0 Å². The lowest BCUT2D eigenvalue weighted by molar-refractivity contribution is -0.117. The Morgan fingerprint density at radius 2 is 1.73 bits per heavy atom. The molecule has 10 nitrogen and oxygen atoms in total. The molecule has 37 heavy (non-hydrogen) atoms. The van der Waals surface area contributed by atoms with Gasteiger partial charge in [-0.1, -0.05) is 62.4 Å². The molecule has 4 aromatic rings. The van der Waals surface area contributed by atoms with Gasteiger partial charge in [0.25, 0.3) is 5.91 Å². The second-order valence-corrected chi connectivity index (χ2v) is 9.19. The third kappa shape index (κ3) is 4.61. The van der Waals surface area contributed by atoms with E-state index in [1.807, 2.05) is 36.4 Å². The summed E-state index contributed by atoms with van der Waals surface area (Å²) in [5.74, 6) is -1.19. The Kier molecular flexibility index (Phi) is 6.31. The van der Waals surface area contributed by atoms with Crippen molar-refractivity contribution in [2.75, 3.05) is 4.90 Å². The Morgan fingerprint density at radius 1 is 1.00 bits per heavy atom. The van der Waals surface area contributed by atoms with Gasteiger partial charge in [-0.2, -0.15) is 9.90 Å². The molecule has 1 amide bonds. The van der Waals surface area contributed by atoms with E-state index < -0.39 is 23.5 Å². The fourth-order valence-corrected chi connectivity index (χ4v) is 4.31. The molecule has 1 aliphatic heterocycles. The van der Waals surface area contributed by atoms with Gasteiger partial charge in [0.1, 0.15) is 0 Å². The van der Waals surface area contributed by atoms with Gasteiger partial charge in [0.15, 0.2) is 23.7 Å². The number of amides is 1. The lowest BCUT2D eigenvalue weighted by Crippen LogP contribution is -2.32. The van der Waals surface area contributed by atoms with Crippen LogP contribution in [-0.2, 0) is 11.3 Å². The number of aromatic nitrogens is 6. The van der Waals surface area contributed by atoms with Crippen LogP contribution in [0.1, 0.15) is 58.5 Å². The van der Waals surface area contributed by atoms with Crippen molar-refractivity contribution >= 4 is 17.5 Å². The molecule has 5 rings (SSSR count). The first-order chi connectivity index (χ1) is 17.8. The Morgan fingerprint density at radius 3 is 2.32 bits per heavy atom. The highest BCUT2D eigenvalue weighted by Gasteiger charge is 2.45. The minimum absolute atomic E-state index is 0.00429. The summed E-state index contributed by atoms with van der Waals surface area (Å²) in [6.07, 6.45) is 1.36. The molecular weight excluding hydrogens is 470 g/mol. The highest BCUT2D eigenvalue weighted by Crippen LogP contribution is 2.41. The lowest BCUT2D eigenvalue weighted by atomic mass is 9.91. The van der Waals surface area contributed by atoms with Crippen molar-refractivity contribution in [3.63, 3.8) is 0 Å². The molecule has 1 unspecified atom stereocenters. The fourth-order valence-electron chi connectivity index (χ4n) is 4.31. The van der Waals surface area contributed by atoms with Crippen LogP contribution in [0, 0.1) is 6.92 Å². The van der Waals surface area contributed by atoms with E-state index in [0.717, 1.165) is 11.1 Å². The van der Waals surface area contributed by atoms with Crippen molar-refractivity contribution in [3.05, 3.63) is 106 Å².